The molecule has 0 amide bonds. The number of benzene rings is 6. The molecule has 3 heterocycles. The van der Waals surface area contributed by atoms with Crippen LogP contribution in [0.5, 0.6) is 11.5 Å². The van der Waals surface area contributed by atoms with Crippen LogP contribution in [0.1, 0.15) is 45.2 Å². The van der Waals surface area contributed by atoms with Crippen molar-refractivity contribution < 1.29 is 4.74 Å². The molecule has 0 fully saturated rings. The quantitative estimate of drug-likeness (QED) is 0.183. The average Bonchev–Trinajstić information content (AvgIpc) is 3.48. The Labute approximate surface area is 315 Å². The first-order valence-electron chi connectivity index (χ1n) is 18.4. The molecule has 54 heavy (non-hydrogen) atoms. The third kappa shape index (κ3) is 4.78. The van der Waals surface area contributed by atoms with E-state index in [2.05, 4.69) is 163 Å². The van der Waals surface area contributed by atoms with Crippen LogP contribution in [0.15, 0.2) is 146 Å². The van der Waals surface area contributed by atoms with Crippen LogP contribution in [0.4, 0.5) is 0 Å². The molecule has 5 nitrogen and oxygen atoms in total. The van der Waals surface area contributed by atoms with Crippen LogP contribution in [-0.4, -0.2) is 19.9 Å². The topological polar surface area (TPSA) is 60.8 Å². The van der Waals surface area contributed by atoms with Crippen LogP contribution in [0.25, 0.3) is 55.9 Å². The van der Waals surface area contributed by atoms with Gasteiger partial charge in [-0.25, -0.2) is 15.0 Å². The molecule has 1 spiro atoms. The van der Waals surface area contributed by atoms with Crippen molar-refractivity contribution in [2.45, 2.75) is 33.1 Å². The largest absolute Gasteiger partial charge is 0.456 e. The van der Waals surface area contributed by atoms with Crippen LogP contribution in [0.3, 0.4) is 0 Å². The van der Waals surface area contributed by atoms with Crippen LogP contribution in [-0.2, 0) is 5.41 Å². The molecule has 1 unspecified atom stereocenters. The summed E-state index contributed by atoms with van der Waals surface area (Å²) in [4.78, 5) is 18.7. The van der Waals surface area contributed by atoms with Gasteiger partial charge in [0.2, 0.25) is 0 Å². The number of pyridine rings is 1. The molecule has 5 heteroatoms. The van der Waals surface area contributed by atoms with Crippen molar-refractivity contribution in [1.29, 1.82) is 0 Å². The smallest absolute Gasteiger partial charge is 0.163 e. The fourth-order valence-electron chi connectivity index (χ4n) is 8.77. The van der Waals surface area contributed by atoms with Gasteiger partial charge in [0.1, 0.15) is 23.1 Å². The number of nitrogens with zero attached hydrogens (tertiary/aromatic N) is 4. The summed E-state index contributed by atoms with van der Waals surface area (Å²) in [7, 11) is 0. The Balaban J connectivity index is 1.22. The minimum atomic E-state index is -0.649. The number of hydrogen-bond acceptors (Lipinski definition) is 5. The summed E-state index contributed by atoms with van der Waals surface area (Å²) in [5.41, 5.74) is 16.2. The fraction of sp³-hybridized carbons (Fsp3) is 0.102. The van der Waals surface area contributed by atoms with Crippen molar-refractivity contribution >= 4 is 0 Å². The van der Waals surface area contributed by atoms with Crippen molar-refractivity contribution in [2.24, 2.45) is 0 Å². The summed E-state index contributed by atoms with van der Waals surface area (Å²) < 4.78 is 7.10. The van der Waals surface area contributed by atoms with E-state index in [1.165, 1.54) is 22.3 Å². The first kappa shape index (κ1) is 32.0. The Morgan fingerprint density at radius 2 is 1.07 bits per heavy atom. The lowest BCUT2D eigenvalue weighted by atomic mass is 9.65. The highest BCUT2D eigenvalue weighted by atomic mass is 16.5. The van der Waals surface area contributed by atoms with E-state index in [9.17, 15) is 0 Å². The van der Waals surface area contributed by atoms with Gasteiger partial charge in [-0.05, 0) is 102 Å². The van der Waals surface area contributed by atoms with Crippen molar-refractivity contribution in [3.63, 3.8) is 0 Å². The van der Waals surface area contributed by atoms with E-state index in [0.717, 1.165) is 72.8 Å². The SMILES string of the molecule is Cc1cnc(C)c(-c2cccc(-c3ccccc3-c3cccc4c3Oc3ccccc3C43c4ccccc4-c4ccc(-c5nc(C)nc(C)n5)cc43)c2)c1. The molecule has 6 aromatic carbocycles. The third-order valence-electron chi connectivity index (χ3n) is 11.0. The summed E-state index contributed by atoms with van der Waals surface area (Å²) in [6.45, 7) is 8.01. The Hall–Kier alpha value is -6.72. The van der Waals surface area contributed by atoms with E-state index >= 15 is 0 Å². The highest BCUT2D eigenvalue weighted by Gasteiger charge is 2.51. The van der Waals surface area contributed by atoms with Crippen LogP contribution in [0.2, 0.25) is 0 Å². The predicted octanol–water partition coefficient (Wildman–Crippen LogP) is 11.6. The highest BCUT2D eigenvalue weighted by Crippen LogP contribution is 2.63. The van der Waals surface area contributed by atoms with E-state index in [1.807, 2.05) is 20.0 Å². The maximum Gasteiger partial charge on any atom is 0.163 e. The van der Waals surface area contributed by atoms with E-state index in [0.29, 0.717) is 17.5 Å². The number of aromatic nitrogens is 4. The zero-order valence-corrected chi connectivity index (χ0v) is 30.6. The molecule has 0 saturated carbocycles. The van der Waals surface area contributed by atoms with Crippen LogP contribution >= 0.6 is 0 Å². The minimum Gasteiger partial charge on any atom is -0.456 e. The summed E-state index contributed by atoms with van der Waals surface area (Å²) in [6.07, 6.45) is 1.93. The molecule has 0 bridgehead atoms. The number of para-hydroxylation sites is 2. The zero-order valence-electron chi connectivity index (χ0n) is 30.6. The lowest BCUT2D eigenvalue weighted by Gasteiger charge is -2.40. The number of ether oxygens (including phenoxy) is 1. The first-order chi connectivity index (χ1) is 26.4. The van der Waals surface area contributed by atoms with Gasteiger partial charge in [0.15, 0.2) is 5.82 Å². The third-order valence-corrected chi connectivity index (χ3v) is 11.0. The summed E-state index contributed by atoms with van der Waals surface area (Å²) in [5, 5.41) is 0. The Bertz CT molecular complexity index is 2800. The predicted molar refractivity (Wildman–Crippen MR) is 216 cm³/mol. The lowest BCUT2D eigenvalue weighted by Crippen LogP contribution is -2.32. The summed E-state index contributed by atoms with van der Waals surface area (Å²) >= 11 is 0. The van der Waals surface area contributed by atoms with Crippen molar-refractivity contribution in [3.8, 4) is 67.4 Å². The zero-order chi connectivity index (χ0) is 36.6. The molecule has 0 N–H and O–H groups in total. The molecule has 2 aromatic heterocycles. The molecule has 1 aliphatic carbocycles. The van der Waals surface area contributed by atoms with Gasteiger partial charge >= 0.3 is 0 Å². The second-order valence-corrected chi connectivity index (χ2v) is 14.4. The van der Waals surface area contributed by atoms with Gasteiger partial charge in [0, 0.05) is 39.7 Å². The van der Waals surface area contributed by atoms with Gasteiger partial charge in [-0.1, -0.05) is 115 Å². The van der Waals surface area contributed by atoms with Gasteiger partial charge in [0.25, 0.3) is 0 Å². The Morgan fingerprint density at radius 1 is 0.444 bits per heavy atom. The monoisotopic (exact) mass is 696 g/mol. The van der Waals surface area contributed by atoms with Crippen LogP contribution < -0.4 is 4.74 Å². The molecule has 2 aliphatic rings. The number of rotatable bonds is 4. The molecular weight excluding hydrogens is 661 g/mol. The molecule has 1 atom stereocenters. The molecule has 10 rings (SSSR count). The van der Waals surface area contributed by atoms with Gasteiger partial charge in [-0.2, -0.15) is 0 Å². The standard InChI is InChI=1S/C49H36N4O/c1-29-25-41(30(2)50-28-29)34-14-11-13-33(26-34)36-15-5-6-16-37(36)40-18-12-21-44-47(40)54-46-22-10-9-20-43(46)49(44)42-19-8-7-17-38(42)39-24-23-35(27-45(39)49)48-52-31(3)51-32(4)53-48/h5-28H,1-4H3. The second kappa shape index (κ2) is 12.2. The average molecular weight is 697 g/mol. The second-order valence-electron chi connectivity index (χ2n) is 14.4. The maximum absolute atomic E-state index is 7.10. The molecule has 1 aliphatic heterocycles. The van der Waals surface area contributed by atoms with Gasteiger partial charge in [-0.15, -0.1) is 0 Å². The normalized spacial score (nSPS) is 14.9. The summed E-state index contributed by atoms with van der Waals surface area (Å²) in [6, 6.07) is 50.3. The molecule has 8 aromatic rings. The first-order valence-corrected chi connectivity index (χ1v) is 18.4. The molecule has 258 valence electrons. The lowest BCUT2D eigenvalue weighted by molar-refractivity contribution is 0.438. The maximum atomic E-state index is 7.10. The van der Waals surface area contributed by atoms with Crippen molar-refractivity contribution in [3.05, 3.63) is 191 Å². The van der Waals surface area contributed by atoms with Gasteiger partial charge in [0.05, 0.1) is 5.41 Å². The molecular formula is C49H36N4O. The van der Waals surface area contributed by atoms with Crippen LogP contribution in [0, 0.1) is 27.7 Å². The van der Waals surface area contributed by atoms with Crippen molar-refractivity contribution in [2.75, 3.05) is 0 Å². The minimum absolute atomic E-state index is 0.649. The molecule has 0 saturated heterocycles. The van der Waals surface area contributed by atoms with Crippen molar-refractivity contribution in [1.82, 2.24) is 19.9 Å². The van der Waals surface area contributed by atoms with Gasteiger partial charge in [-0.3, -0.25) is 4.98 Å². The fourth-order valence-corrected chi connectivity index (χ4v) is 8.77. The van der Waals surface area contributed by atoms with Gasteiger partial charge < -0.3 is 4.74 Å². The highest BCUT2D eigenvalue weighted by molar-refractivity contribution is 5.94. The summed E-state index contributed by atoms with van der Waals surface area (Å²) in [5.74, 6) is 3.79. The number of aryl methyl sites for hydroxylation is 4. The Morgan fingerprint density at radius 3 is 1.89 bits per heavy atom. The number of fused-ring (bicyclic) bond motifs is 9. The molecule has 0 radical (unpaired) electrons. The van der Waals surface area contributed by atoms with E-state index in [-0.39, 0.29) is 0 Å². The van der Waals surface area contributed by atoms with E-state index in [1.54, 1.807) is 0 Å². The number of hydrogen-bond donors (Lipinski definition) is 0. The Kier molecular flexibility index (Phi) is 7.21. The van der Waals surface area contributed by atoms with E-state index in [4.69, 9.17) is 14.7 Å². The van der Waals surface area contributed by atoms with E-state index < -0.39 is 5.41 Å².